The van der Waals surface area contributed by atoms with Crippen LogP contribution in [0.5, 0.6) is 5.75 Å². The van der Waals surface area contributed by atoms with Crippen LogP contribution in [0.2, 0.25) is 0 Å². The van der Waals surface area contributed by atoms with Crippen molar-refractivity contribution < 1.29 is 9.53 Å². The number of nitrogens with zero attached hydrogens (tertiary/aromatic N) is 3. The number of rotatable bonds is 5. The van der Waals surface area contributed by atoms with Gasteiger partial charge < -0.3 is 15.0 Å². The first-order chi connectivity index (χ1) is 14.7. The van der Waals surface area contributed by atoms with Crippen molar-refractivity contribution in [3.05, 3.63) is 71.7 Å². The molecular weight excluding hydrogens is 376 g/mol. The maximum Gasteiger partial charge on any atom is 0.213 e. The van der Waals surface area contributed by atoms with Gasteiger partial charge in [0, 0.05) is 42.7 Å². The quantitative estimate of drug-likeness (QED) is 0.659. The van der Waals surface area contributed by atoms with Gasteiger partial charge in [0.05, 0.1) is 7.11 Å². The van der Waals surface area contributed by atoms with Gasteiger partial charge in [-0.3, -0.25) is 9.78 Å². The van der Waals surface area contributed by atoms with E-state index in [9.17, 15) is 4.79 Å². The third kappa shape index (κ3) is 4.33. The SMILES string of the molecule is COc1ccc(-c2cnc(C)c(C(=O)c3cccc(N4CCCNCC4)n3)c2)cc1. The van der Waals surface area contributed by atoms with Crippen LogP contribution in [0.25, 0.3) is 11.1 Å². The van der Waals surface area contributed by atoms with Crippen LogP contribution in [0.1, 0.15) is 28.2 Å². The van der Waals surface area contributed by atoms with Gasteiger partial charge in [0.15, 0.2) is 0 Å². The molecule has 0 saturated carbocycles. The van der Waals surface area contributed by atoms with E-state index >= 15 is 0 Å². The van der Waals surface area contributed by atoms with Gasteiger partial charge in [-0.1, -0.05) is 18.2 Å². The minimum atomic E-state index is -0.106. The van der Waals surface area contributed by atoms with Crippen LogP contribution >= 0.6 is 0 Å². The summed E-state index contributed by atoms with van der Waals surface area (Å²) in [5, 5.41) is 3.39. The minimum Gasteiger partial charge on any atom is -0.497 e. The van der Waals surface area contributed by atoms with Crippen LogP contribution in [0.3, 0.4) is 0 Å². The fourth-order valence-corrected chi connectivity index (χ4v) is 3.64. The highest BCUT2D eigenvalue weighted by molar-refractivity contribution is 6.09. The summed E-state index contributed by atoms with van der Waals surface area (Å²) in [5.41, 5.74) is 3.59. The van der Waals surface area contributed by atoms with Crippen molar-refractivity contribution in [1.82, 2.24) is 15.3 Å². The smallest absolute Gasteiger partial charge is 0.213 e. The van der Waals surface area contributed by atoms with E-state index in [1.54, 1.807) is 19.4 Å². The van der Waals surface area contributed by atoms with Crippen molar-refractivity contribution in [2.75, 3.05) is 38.2 Å². The van der Waals surface area contributed by atoms with E-state index in [1.165, 1.54) is 0 Å². The van der Waals surface area contributed by atoms with E-state index in [1.807, 2.05) is 49.4 Å². The van der Waals surface area contributed by atoms with Crippen LogP contribution in [0.4, 0.5) is 5.82 Å². The standard InChI is InChI=1S/C24H26N4O2/c1-17-21(15-19(16-26-17)18-7-9-20(30-2)10-8-18)24(29)22-5-3-6-23(27-22)28-13-4-11-25-12-14-28/h3,5-10,15-16,25H,4,11-14H2,1-2H3. The third-order valence-electron chi connectivity index (χ3n) is 5.39. The number of carbonyl (C=O) groups excluding carboxylic acids is 1. The highest BCUT2D eigenvalue weighted by Gasteiger charge is 2.18. The second-order valence-corrected chi connectivity index (χ2v) is 7.39. The van der Waals surface area contributed by atoms with E-state index in [0.717, 1.165) is 55.3 Å². The molecule has 1 fully saturated rings. The lowest BCUT2D eigenvalue weighted by Crippen LogP contribution is -2.29. The second-order valence-electron chi connectivity index (χ2n) is 7.39. The first kappa shape index (κ1) is 20.0. The van der Waals surface area contributed by atoms with Gasteiger partial charge >= 0.3 is 0 Å². The van der Waals surface area contributed by atoms with E-state index in [2.05, 4.69) is 20.2 Å². The summed E-state index contributed by atoms with van der Waals surface area (Å²) in [6.07, 6.45) is 2.86. The van der Waals surface area contributed by atoms with Gasteiger partial charge in [-0.15, -0.1) is 0 Å². The monoisotopic (exact) mass is 402 g/mol. The number of ether oxygens (including phenoxy) is 1. The third-order valence-corrected chi connectivity index (χ3v) is 5.39. The van der Waals surface area contributed by atoms with Crippen LogP contribution in [0, 0.1) is 6.92 Å². The lowest BCUT2D eigenvalue weighted by molar-refractivity contribution is 0.103. The van der Waals surface area contributed by atoms with Crippen molar-refractivity contribution in [3.8, 4) is 16.9 Å². The summed E-state index contributed by atoms with van der Waals surface area (Å²) in [6.45, 7) is 5.61. The summed E-state index contributed by atoms with van der Waals surface area (Å²) in [4.78, 5) is 24.7. The Kier molecular flexibility index (Phi) is 6.05. The second kappa shape index (κ2) is 9.05. The molecule has 0 atom stereocenters. The average molecular weight is 402 g/mol. The predicted octanol–water partition coefficient (Wildman–Crippen LogP) is 3.49. The van der Waals surface area contributed by atoms with Gasteiger partial charge in [-0.25, -0.2) is 4.98 Å². The molecule has 4 rings (SSSR count). The predicted molar refractivity (Wildman–Crippen MR) is 118 cm³/mol. The molecule has 0 unspecified atom stereocenters. The van der Waals surface area contributed by atoms with Gasteiger partial charge in [-0.2, -0.15) is 0 Å². The van der Waals surface area contributed by atoms with E-state index < -0.39 is 0 Å². The lowest BCUT2D eigenvalue weighted by atomic mass is 10.0. The van der Waals surface area contributed by atoms with Crippen molar-refractivity contribution in [1.29, 1.82) is 0 Å². The maximum absolute atomic E-state index is 13.3. The molecule has 154 valence electrons. The number of hydrogen-bond acceptors (Lipinski definition) is 6. The molecular formula is C24H26N4O2. The lowest BCUT2D eigenvalue weighted by Gasteiger charge is -2.21. The molecule has 30 heavy (non-hydrogen) atoms. The highest BCUT2D eigenvalue weighted by atomic mass is 16.5. The zero-order chi connectivity index (χ0) is 20.9. The zero-order valence-corrected chi connectivity index (χ0v) is 17.4. The molecule has 1 N–H and O–H groups in total. The van der Waals surface area contributed by atoms with Gasteiger partial charge in [0.25, 0.3) is 0 Å². The Hall–Kier alpha value is -3.25. The topological polar surface area (TPSA) is 67.3 Å². The number of hydrogen-bond donors (Lipinski definition) is 1. The molecule has 6 nitrogen and oxygen atoms in total. The first-order valence-electron chi connectivity index (χ1n) is 10.2. The van der Waals surface area contributed by atoms with Crippen LogP contribution < -0.4 is 15.0 Å². The summed E-state index contributed by atoms with van der Waals surface area (Å²) >= 11 is 0. The van der Waals surface area contributed by atoms with Crippen molar-refractivity contribution in [2.45, 2.75) is 13.3 Å². The molecule has 0 aliphatic carbocycles. The van der Waals surface area contributed by atoms with Crippen molar-refractivity contribution in [3.63, 3.8) is 0 Å². The van der Waals surface area contributed by atoms with Gasteiger partial charge in [0.1, 0.15) is 17.3 Å². The number of benzene rings is 1. The summed E-state index contributed by atoms with van der Waals surface area (Å²) < 4.78 is 5.23. The van der Waals surface area contributed by atoms with Gasteiger partial charge in [0.2, 0.25) is 5.78 Å². The number of ketones is 1. The van der Waals surface area contributed by atoms with E-state index in [-0.39, 0.29) is 5.78 Å². The number of aromatic nitrogens is 2. The molecule has 0 bridgehead atoms. The molecule has 0 spiro atoms. The molecule has 2 aromatic heterocycles. The summed E-state index contributed by atoms with van der Waals surface area (Å²) in [6, 6.07) is 15.3. The minimum absolute atomic E-state index is 0.106. The summed E-state index contributed by atoms with van der Waals surface area (Å²) in [5.74, 6) is 1.53. The Morgan fingerprint density at radius 2 is 1.90 bits per heavy atom. The van der Waals surface area contributed by atoms with E-state index in [0.29, 0.717) is 17.0 Å². The fourth-order valence-electron chi connectivity index (χ4n) is 3.64. The Morgan fingerprint density at radius 3 is 2.70 bits per heavy atom. The fraction of sp³-hybridized carbons (Fsp3) is 0.292. The molecule has 1 aromatic carbocycles. The van der Waals surface area contributed by atoms with Crippen LogP contribution in [-0.2, 0) is 0 Å². The van der Waals surface area contributed by atoms with Crippen LogP contribution in [-0.4, -0.2) is 49.0 Å². The van der Waals surface area contributed by atoms with Gasteiger partial charge in [-0.05, 0) is 55.8 Å². The average Bonchev–Trinajstić information content (AvgIpc) is 3.09. The molecule has 3 aromatic rings. The highest BCUT2D eigenvalue weighted by Crippen LogP contribution is 2.25. The number of methoxy groups -OCH3 is 1. The number of aryl methyl sites for hydroxylation is 1. The van der Waals surface area contributed by atoms with Crippen molar-refractivity contribution >= 4 is 11.6 Å². The molecule has 0 radical (unpaired) electrons. The molecule has 3 heterocycles. The maximum atomic E-state index is 13.3. The normalized spacial score (nSPS) is 14.3. The Bertz CT molecular complexity index is 1030. The molecule has 1 aliphatic rings. The Labute approximate surface area is 176 Å². The molecule has 1 aliphatic heterocycles. The summed E-state index contributed by atoms with van der Waals surface area (Å²) in [7, 11) is 1.64. The molecule has 0 amide bonds. The Balaban J connectivity index is 1.63. The number of nitrogens with one attached hydrogen (secondary N) is 1. The molecule has 6 heteroatoms. The number of carbonyl (C=O) groups is 1. The number of anilines is 1. The van der Waals surface area contributed by atoms with Crippen molar-refractivity contribution in [2.24, 2.45) is 0 Å². The Morgan fingerprint density at radius 1 is 1.07 bits per heavy atom. The number of pyridine rings is 2. The van der Waals surface area contributed by atoms with E-state index in [4.69, 9.17) is 4.74 Å². The largest absolute Gasteiger partial charge is 0.497 e. The zero-order valence-electron chi connectivity index (χ0n) is 17.4. The first-order valence-corrected chi connectivity index (χ1v) is 10.2. The van der Waals surface area contributed by atoms with Crippen LogP contribution in [0.15, 0.2) is 54.7 Å². The molecule has 1 saturated heterocycles.